The molecule has 6 nitrogen and oxygen atoms in total. The fraction of sp³-hybridized carbons (Fsp3) is 0.133. The lowest BCUT2D eigenvalue weighted by Crippen LogP contribution is -2.28. The Morgan fingerprint density at radius 1 is 1.26 bits per heavy atom. The number of hydrogen-bond donors (Lipinski definition) is 4. The number of aromatic amines is 1. The van der Waals surface area contributed by atoms with Gasteiger partial charge >= 0.3 is 6.03 Å². The number of carbonyl (C=O) groups is 1. The maximum absolute atomic E-state index is 11.8. The van der Waals surface area contributed by atoms with Crippen molar-refractivity contribution in [3.05, 3.63) is 48.0 Å². The van der Waals surface area contributed by atoms with Gasteiger partial charge in [-0.2, -0.15) is 0 Å². The zero-order valence-corrected chi connectivity index (χ0v) is 14.0. The van der Waals surface area contributed by atoms with Gasteiger partial charge in [-0.15, -0.1) is 12.6 Å². The summed E-state index contributed by atoms with van der Waals surface area (Å²) in [7, 11) is 0. The second kappa shape index (κ2) is 6.84. The number of nitrogens with one attached hydrogen (secondary N) is 3. The van der Waals surface area contributed by atoms with Crippen molar-refractivity contribution in [2.45, 2.75) is 17.7 Å². The van der Waals surface area contributed by atoms with E-state index < -0.39 is 0 Å². The van der Waals surface area contributed by atoms with E-state index in [-0.39, 0.29) is 6.03 Å². The molecular formula is C15H15N5OS2. The van der Waals surface area contributed by atoms with E-state index in [0.717, 1.165) is 15.5 Å². The van der Waals surface area contributed by atoms with Crippen LogP contribution in [0.4, 0.5) is 9.93 Å². The molecule has 23 heavy (non-hydrogen) atoms. The normalized spacial score (nSPS) is 10.5. The zero-order valence-electron chi connectivity index (χ0n) is 12.3. The predicted octanol–water partition coefficient (Wildman–Crippen LogP) is 3.45. The number of benzene rings is 1. The summed E-state index contributed by atoms with van der Waals surface area (Å²) in [5.41, 5.74) is 3.18. The minimum absolute atomic E-state index is 0.302. The van der Waals surface area contributed by atoms with Crippen molar-refractivity contribution in [3.63, 3.8) is 0 Å². The molecule has 0 aliphatic heterocycles. The molecule has 0 spiro atoms. The standard InChI is InChI=1S/C15H15N5OS2/c1-9-2-4-10(5-3-9)11-6-16-12(19-11)7-17-14(21)20-15-18-8-13(22)23-15/h2-6,8,22H,7H2,1H3,(H,16,19)(H2,17,18,20,21). The smallest absolute Gasteiger partial charge is 0.321 e. The van der Waals surface area contributed by atoms with Crippen molar-refractivity contribution in [2.75, 3.05) is 5.32 Å². The van der Waals surface area contributed by atoms with Crippen LogP contribution in [-0.4, -0.2) is 21.0 Å². The number of aromatic nitrogens is 3. The molecule has 0 aliphatic carbocycles. The molecule has 0 unspecified atom stereocenters. The molecule has 0 saturated heterocycles. The summed E-state index contributed by atoms with van der Waals surface area (Å²) >= 11 is 5.45. The van der Waals surface area contributed by atoms with Crippen LogP contribution < -0.4 is 10.6 Å². The predicted molar refractivity (Wildman–Crippen MR) is 94.0 cm³/mol. The molecule has 0 atom stereocenters. The third kappa shape index (κ3) is 4.11. The van der Waals surface area contributed by atoms with Crippen LogP contribution in [0.25, 0.3) is 11.3 Å². The van der Waals surface area contributed by atoms with Gasteiger partial charge in [-0.1, -0.05) is 41.2 Å². The second-order valence-electron chi connectivity index (χ2n) is 4.92. The van der Waals surface area contributed by atoms with Gasteiger partial charge in [0.1, 0.15) is 5.82 Å². The van der Waals surface area contributed by atoms with Gasteiger partial charge in [0.25, 0.3) is 0 Å². The first-order valence-corrected chi connectivity index (χ1v) is 8.17. The Morgan fingerprint density at radius 3 is 2.74 bits per heavy atom. The number of carbonyl (C=O) groups excluding carboxylic acids is 1. The molecule has 2 amide bonds. The number of H-pyrrole nitrogens is 1. The summed E-state index contributed by atoms with van der Waals surface area (Å²) in [5.74, 6) is 0.685. The van der Waals surface area contributed by atoms with Crippen LogP contribution in [0, 0.1) is 6.92 Å². The number of imidazole rings is 1. The summed E-state index contributed by atoms with van der Waals surface area (Å²) < 4.78 is 0.745. The molecule has 1 aromatic carbocycles. The van der Waals surface area contributed by atoms with E-state index in [2.05, 4.69) is 38.2 Å². The highest BCUT2D eigenvalue weighted by molar-refractivity contribution is 7.83. The van der Waals surface area contributed by atoms with Gasteiger partial charge in [-0.25, -0.2) is 14.8 Å². The van der Waals surface area contributed by atoms with Gasteiger partial charge in [-0.05, 0) is 12.5 Å². The number of hydrogen-bond acceptors (Lipinski definition) is 5. The van der Waals surface area contributed by atoms with Crippen molar-refractivity contribution in [1.82, 2.24) is 20.3 Å². The molecule has 3 aromatic rings. The first-order valence-electron chi connectivity index (χ1n) is 6.91. The van der Waals surface area contributed by atoms with Gasteiger partial charge in [0.15, 0.2) is 5.13 Å². The van der Waals surface area contributed by atoms with E-state index in [1.54, 1.807) is 12.4 Å². The van der Waals surface area contributed by atoms with Crippen molar-refractivity contribution >= 4 is 35.1 Å². The van der Waals surface area contributed by atoms with Gasteiger partial charge in [-0.3, -0.25) is 5.32 Å². The summed E-state index contributed by atoms with van der Waals surface area (Å²) in [6, 6.07) is 7.83. The summed E-state index contributed by atoms with van der Waals surface area (Å²) in [5, 5.41) is 5.88. The van der Waals surface area contributed by atoms with E-state index in [1.165, 1.54) is 16.9 Å². The van der Waals surface area contributed by atoms with Crippen molar-refractivity contribution in [1.29, 1.82) is 0 Å². The lowest BCUT2D eigenvalue weighted by molar-refractivity contribution is 0.251. The quantitative estimate of drug-likeness (QED) is 0.547. The highest BCUT2D eigenvalue weighted by atomic mass is 32.2. The van der Waals surface area contributed by atoms with Crippen LogP contribution in [0.1, 0.15) is 11.4 Å². The van der Waals surface area contributed by atoms with Crippen LogP contribution in [0.5, 0.6) is 0 Å². The SMILES string of the molecule is Cc1ccc(-c2cnc(CNC(=O)Nc3ncc(S)s3)[nH]2)cc1. The van der Waals surface area contributed by atoms with Gasteiger partial charge in [0, 0.05) is 0 Å². The molecule has 3 N–H and O–H groups in total. The number of aryl methyl sites for hydroxylation is 1. The van der Waals surface area contributed by atoms with E-state index in [9.17, 15) is 4.79 Å². The Hall–Kier alpha value is -2.32. The largest absolute Gasteiger partial charge is 0.341 e. The number of thiol groups is 1. The highest BCUT2D eigenvalue weighted by Crippen LogP contribution is 2.20. The Morgan fingerprint density at radius 2 is 2.04 bits per heavy atom. The van der Waals surface area contributed by atoms with Crippen LogP contribution in [0.15, 0.2) is 40.9 Å². The highest BCUT2D eigenvalue weighted by Gasteiger charge is 2.07. The molecule has 0 aliphatic rings. The molecule has 0 radical (unpaired) electrons. The maximum Gasteiger partial charge on any atom is 0.321 e. The van der Waals surface area contributed by atoms with Crippen molar-refractivity contribution in [3.8, 4) is 11.3 Å². The minimum Gasteiger partial charge on any atom is -0.341 e. The molecular weight excluding hydrogens is 330 g/mol. The number of urea groups is 1. The fourth-order valence-electron chi connectivity index (χ4n) is 1.96. The number of amides is 2. The van der Waals surface area contributed by atoms with Crippen LogP contribution in [0.3, 0.4) is 0 Å². The fourth-order valence-corrected chi connectivity index (χ4v) is 2.83. The zero-order chi connectivity index (χ0) is 16.2. The van der Waals surface area contributed by atoms with Crippen LogP contribution in [-0.2, 0) is 6.54 Å². The summed E-state index contributed by atoms with van der Waals surface area (Å²) in [4.78, 5) is 23.3. The molecule has 0 bridgehead atoms. The Kier molecular flexibility index (Phi) is 4.63. The van der Waals surface area contributed by atoms with E-state index in [0.29, 0.717) is 17.5 Å². The van der Waals surface area contributed by atoms with E-state index in [1.807, 2.05) is 31.2 Å². The molecule has 2 heterocycles. The van der Waals surface area contributed by atoms with Crippen molar-refractivity contribution < 1.29 is 4.79 Å². The first-order chi connectivity index (χ1) is 11.1. The Labute approximate surface area is 142 Å². The van der Waals surface area contributed by atoms with Gasteiger partial charge in [0.2, 0.25) is 0 Å². The molecule has 0 fully saturated rings. The molecule has 0 saturated carbocycles. The maximum atomic E-state index is 11.8. The topological polar surface area (TPSA) is 82.7 Å². The van der Waals surface area contributed by atoms with Gasteiger partial charge < -0.3 is 10.3 Å². The monoisotopic (exact) mass is 345 g/mol. The molecule has 2 aromatic heterocycles. The first kappa shape index (κ1) is 15.6. The third-order valence-electron chi connectivity index (χ3n) is 3.12. The lowest BCUT2D eigenvalue weighted by Gasteiger charge is -2.03. The minimum atomic E-state index is -0.332. The van der Waals surface area contributed by atoms with Crippen LogP contribution in [0.2, 0.25) is 0 Å². The molecule has 3 rings (SSSR count). The number of nitrogens with zero attached hydrogens (tertiary/aromatic N) is 2. The molecule has 8 heteroatoms. The number of rotatable bonds is 4. The van der Waals surface area contributed by atoms with Crippen LogP contribution >= 0.6 is 24.0 Å². The van der Waals surface area contributed by atoms with Gasteiger partial charge in [0.05, 0.1) is 28.8 Å². The van der Waals surface area contributed by atoms with Crippen molar-refractivity contribution in [2.24, 2.45) is 0 Å². The molecule has 118 valence electrons. The Balaban J connectivity index is 1.56. The van der Waals surface area contributed by atoms with E-state index >= 15 is 0 Å². The summed E-state index contributed by atoms with van der Waals surface area (Å²) in [6.07, 6.45) is 3.34. The third-order valence-corrected chi connectivity index (χ3v) is 4.23. The number of thiazole rings is 1. The second-order valence-corrected chi connectivity index (χ2v) is 6.74. The lowest BCUT2D eigenvalue weighted by atomic mass is 10.1. The van der Waals surface area contributed by atoms with E-state index in [4.69, 9.17) is 0 Å². The Bertz CT molecular complexity index is 809. The number of anilines is 1. The summed E-state index contributed by atoms with van der Waals surface area (Å²) in [6.45, 7) is 2.35. The average Bonchev–Trinajstić information content (AvgIpc) is 3.15. The average molecular weight is 345 g/mol.